The molecule has 0 unspecified atom stereocenters. The molecule has 0 aromatic heterocycles. The van der Waals surface area contributed by atoms with E-state index in [1.165, 1.54) is 53.8 Å². The molecule has 0 radical (unpaired) electrons. The molecular weight excluding hydrogens is 811 g/mol. The lowest BCUT2D eigenvalue weighted by atomic mass is 9.90. The molecular formula is C64H47NSi. The highest BCUT2D eigenvalue weighted by Crippen LogP contribution is 2.48. The van der Waals surface area contributed by atoms with E-state index in [1.54, 1.807) is 0 Å². The highest BCUT2D eigenvalue weighted by atomic mass is 28.3. The lowest BCUT2D eigenvalue weighted by Crippen LogP contribution is -2.74. The van der Waals surface area contributed by atoms with Gasteiger partial charge in [0.05, 0.1) is 5.69 Å². The minimum absolute atomic E-state index is 1.08. The molecule has 2 heteroatoms. The topological polar surface area (TPSA) is 3.24 Å². The maximum absolute atomic E-state index is 2.74. The van der Waals surface area contributed by atoms with E-state index in [4.69, 9.17) is 0 Å². The van der Waals surface area contributed by atoms with E-state index in [1.807, 2.05) is 0 Å². The lowest BCUT2D eigenvalue weighted by molar-refractivity contribution is 1.28. The van der Waals surface area contributed by atoms with Gasteiger partial charge in [-0.25, -0.2) is 0 Å². The van der Waals surface area contributed by atoms with Crippen LogP contribution in [-0.2, 0) is 0 Å². The summed E-state index contributed by atoms with van der Waals surface area (Å²) in [5.41, 5.74) is 12.7. The van der Waals surface area contributed by atoms with Crippen molar-refractivity contribution in [3.05, 3.63) is 285 Å². The first-order chi connectivity index (χ1) is 32.7. The molecule has 0 amide bonds. The minimum Gasteiger partial charge on any atom is -0.309 e. The average Bonchev–Trinajstić information content (AvgIpc) is 3.41. The Hall–Kier alpha value is -8.30. The molecule has 0 heterocycles. The third-order valence-electron chi connectivity index (χ3n) is 13.0. The van der Waals surface area contributed by atoms with E-state index in [2.05, 4.69) is 290 Å². The van der Waals surface area contributed by atoms with Crippen LogP contribution in [0.3, 0.4) is 0 Å². The molecule has 11 aromatic carbocycles. The summed E-state index contributed by atoms with van der Waals surface area (Å²) >= 11 is 0. The summed E-state index contributed by atoms with van der Waals surface area (Å²) < 4.78 is 0. The van der Waals surface area contributed by atoms with E-state index in [0.29, 0.717) is 0 Å². The highest BCUT2D eigenvalue weighted by Gasteiger charge is 2.41. The van der Waals surface area contributed by atoms with Crippen molar-refractivity contribution in [1.82, 2.24) is 0 Å². The Bertz CT molecular complexity index is 3260. The summed E-state index contributed by atoms with van der Waals surface area (Å²) in [6.45, 7) is 0. The van der Waals surface area contributed by atoms with E-state index >= 15 is 0 Å². The Morgan fingerprint density at radius 1 is 0.227 bits per heavy atom. The van der Waals surface area contributed by atoms with E-state index < -0.39 is 8.07 Å². The van der Waals surface area contributed by atoms with Crippen LogP contribution in [0.2, 0.25) is 0 Å². The van der Waals surface area contributed by atoms with E-state index in [-0.39, 0.29) is 0 Å². The monoisotopic (exact) mass is 857 g/mol. The number of para-hydroxylation sites is 1. The van der Waals surface area contributed by atoms with Crippen LogP contribution in [0.5, 0.6) is 0 Å². The Kier molecular flexibility index (Phi) is 11.1. The molecule has 0 bridgehead atoms. The molecule has 0 spiro atoms. The molecule has 0 aliphatic heterocycles. The van der Waals surface area contributed by atoms with Gasteiger partial charge in [-0.05, 0) is 101 Å². The lowest BCUT2D eigenvalue weighted by Gasteiger charge is -2.34. The van der Waals surface area contributed by atoms with Gasteiger partial charge in [-0.15, -0.1) is 0 Å². The molecule has 11 rings (SSSR count). The highest BCUT2D eigenvalue weighted by molar-refractivity contribution is 7.20. The fourth-order valence-corrected chi connectivity index (χ4v) is 14.6. The Balaban J connectivity index is 1.05. The SMILES string of the molecule is c1ccc(-c2cc(-c3ccccc3)c(N(c3ccccc3)c3ccc(-c4ccc([Si](c5ccccc5)(c5ccccc5)c5ccc6ccccc6c5)cc4)cc3)c(-c3ccccc3)c2)cc1. The molecule has 0 saturated heterocycles. The second kappa shape index (κ2) is 18.1. The summed E-state index contributed by atoms with van der Waals surface area (Å²) in [5, 5.41) is 7.98. The first kappa shape index (κ1) is 40.5. The summed E-state index contributed by atoms with van der Waals surface area (Å²) in [7, 11) is -2.74. The van der Waals surface area contributed by atoms with Gasteiger partial charge in [0, 0.05) is 22.5 Å². The Labute approximate surface area is 389 Å². The third-order valence-corrected chi connectivity index (χ3v) is 17.8. The van der Waals surface area contributed by atoms with Crippen molar-refractivity contribution in [2.24, 2.45) is 0 Å². The molecule has 66 heavy (non-hydrogen) atoms. The number of hydrogen-bond donors (Lipinski definition) is 0. The van der Waals surface area contributed by atoms with Crippen molar-refractivity contribution in [2.45, 2.75) is 0 Å². The second-order valence-electron chi connectivity index (χ2n) is 16.9. The quantitative estimate of drug-likeness (QED) is 0.0925. The molecule has 0 aliphatic carbocycles. The summed E-state index contributed by atoms with van der Waals surface area (Å²) in [5.74, 6) is 0. The number of anilines is 3. The number of benzene rings is 11. The molecule has 0 atom stereocenters. The van der Waals surface area contributed by atoms with E-state index in [9.17, 15) is 0 Å². The molecule has 1 nitrogen and oxygen atoms in total. The third kappa shape index (κ3) is 7.64. The van der Waals surface area contributed by atoms with Gasteiger partial charge < -0.3 is 4.90 Å². The van der Waals surface area contributed by atoms with Gasteiger partial charge in [-0.2, -0.15) is 0 Å². The standard InChI is InChI=1S/C64H47NSi/c1-7-21-48(22-8-1)55-46-62(52-24-9-2-10-25-52)64(63(47-55)53-26-11-3-12-27-53)65(56-29-13-4-14-30-56)57-40-35-50(36-41-57)51-37-42-60(43-38-51)66(58-31-15-5-16-32-58,59-33-17-6-18-34-59)61-44-39-49-23-19-20-28-54(49)45-61/h1-47H. The van der Waals surface area contributed by atoms with Crippen molar-refractivity contribution in [1.29, 1.82) is 0 Å². The minimum atomic E-state index is -2.74. The van der Waals surface area contributed by atoms with Crippen LogP contribution in [0.4, 0.5) is 17.1 Å². The van der Waals surface area contributed by atoms with Crippen LogP contribution in [0.25, 0.3) is 55.3 Å². The maximum Gasteiger partial charge on any atom is 0.179 e. The molecule has 312 valence electrons. The molecule has 0 saturated carbocycles. The average molecular weight is 858 g/mol. The van der Waals surface area contributed by atoms with Crippen LogP contribution in [0.1, 0.15) is 0 Å². The fraction of sp³-hybridized carbons (Fsp3) is 0. The van der Waals surface area contributed by atoms with Gasteiger partial charge in [-0.1, -0.05) is 249 Å². The normalized spacial score (nSPS) is 11.3. The van der Waals surface area contributed by atoms with Gasteiger partial charge in [-0.3, -0.25) is 0 Å². The van der Waals surface area contributed by atoms with E-state index in [0.717, 1.165) is 39.3 Å². The molecule has 0 aliphatic rings. The van der Waals surface area contributed by atoms with Gasteiger partial charge in [0.1, 0.15) is 0 Å². The van der Waals surface area contributed by atoms with Gasteiger partial charge in [0.2, 0.25) is 0 Å². The van der Waals surface area contributed by atoms with Crippen molar-refractivity contribution < 1.29 is 0 Å². The van der Waals surface area contributed by atoms with Crippen LogP contribution in [0.15, 0.2) is 285 Å². The van der Waals surface area contributed by atoms with Crippen molar-refractivity contribution in [3.8, 4) is 44.5 Å². The number of fused-ring (bicyclic) bond motifs is 1. The fourth-order valence-electron chi connectivity index (χ4n) is 9.85. The number of rotatable bonds is 11. The van der Waals surface area contributed by atoms with Gasteiger partial charge in [0.15, 0.2) is 8.07 Å². The van der Waals surface area contributed by atoms with Crippen LogP contribution >= 0.6 is 0 Å². The number of hydrogen-bond acceptors (Lipinski definition) is 1. The molecule has 0 fully saturated rings. The zero-order valence-electron chi connectivity index (χ0n) is 36.6. The largest absolute Gasteiger partial charge is 0.309 e. The summed E-state index contributed by atoms with van der Waals surface area (Å²) in [6, 6.07) is 105. The first-order valence-corrected chi connectivity index (χ1v) is 24.7. The number of nitrogens with zero attached hydrogens (tertiary/aromatic N) is 1. The van der Waals surface area contributed by atoms with Crippen LogP contribution < -0.4 is 25.6 Å². The Morgan fingerprint density at radius 2 is 0.591 bits per heavy atom. The second-order valence-corrected chi connectivity index (χ2v) is 20.7. The van der Waals surface area contributed by atoms with Gasteiger partial charge >= 0.3 is 0 Å². The predicted octanol–water partition coefficient (Wildman–Crippen LogP) is 14.4. The zero-order valence-corrected chi connectivity index (χ0v) is 37.6. The molecule has 0 N–H and O–H groups in total. The smallest absolute Gasteiger partial charge is 0.179 e. The van der Waals surface area contributed by atoms with Crippen LogP contribution in [0, 0.1) is 0 Å². The molecule has 11 aromatic rings. The van der Waals surface area contributed by atoms with Crippen molar-refractivity contribution >= 4 is 56.7 Å². The summed E-state index contributed by atoms with van der Waals surface area (Å²) in [4.78, 5) is 2.44. The Morgan fingerprint density at radius 3 is 1.11 bits per heavy atom. The van der Waals surface area contributed by atoms with Gasteiger partial charge in [0.25, 0.3) is 0 Å². The summed E-state index contributed by atoms with van der Waals surface area (Å²) in [6.07, 6.45) is 0. The van der Waals surface area contributed by atoms with Crippen molar-refractivity contribution in [3.63, 3.8) is 0 Å². The van der Waals surface area contributed by atoms with Crippen molar-refractivity contribution in [2.75, 3.05) is 4.90 Å². The predicted molar refractivity (Wildman–Crippen MR) is 284 cm³/mol. The van der Waals surface area contributed by atoms with Crippen LogP contribution in [-0.4, -0.2) is 8.07 Å². The first-order valence-electron chi connectivity index (χ1n) is 22.7. The zero-order chi connectivity index (χ0) is 44.1. The maximum atomic E-state index is 2.44.